The van der Waals surface area contributed by atoms with Crippen LogP contribution in [0, 0.1) is 17.3 Å². The quantitative estimate of drug-likeness (QED) is 0.715. The molecule has 0 heterocycles. The lowest BCUT2D eigenvalue weighted by Crippen LogP contribution is -2.23. The van der Waals surface area contributed by atoms with Crippen molar-refractivity contribution >= 4 is 11.6 Å². The number of hydrogen-bond donors (Lipinski definition) is 0. The third-order valence-corrected chi connectivity index (χ3v) is 4.95. The molecule has 0 bridgehead atoms. The van der Waals surface area contributed by atoms with E-state index in [2.05, 4.69) is 0 Å². The normalized spacial score (nSPS) is 34.4. The lowest BCUT2D eigenvalue weighted by Gasteiger charge is -2.28. The Hall–Kier alpha value is -0.690. The van der Waals surface area contributed by atoms with Crippen molar-refractivity contribution in [2.75, 3.05) is 12.5 Å². The number of para-hydroxylation sites is 1. The Balaban J connectivity index is 1.50. The molecule has 0 aromatic heterocycles. The fourth-order valence-electron chi connectivity index (χ4n) is 3.29. The summed E-state index contributed by atoms with van der Waals surface area (Å²) in [5, 5.41) is 0. The molecule has 2 saturated carbocycles. The lowest BCUT2D eigenvalue weighted by atomic mass is 9.82. The molecule has 0 saturated heterocycles. The van der Waals surface area contributed by atoms with Crippen molar-refractivity contribution in [1.82, 2.24) is 0 Å². The molecule has 0 N–H and O–H groups in total. The standard InChI is InChI=1S/C15H19ClO/c16-11-15(9-12-8-13(12)10-15)6-7-17-14-4-2-1-3-5-14/h1-5,12-13H,6-11H2. The second kappa shape index (κ2) is 4.53. The lowest BCUT2D eigenvalue weighted by molar-refractivity contribution is 0.204. The van der Waals surface area contributed by atoms with Crippen LogP contribution in [0.3, 0.4) is 0 Å². The molecule has 0 amide bonds. The summed E-state index contributed by atoms with van der Waals surface area (Å²) in [5.41, 5.74) is 0.379. The molecule has 17 heavy (non-hydrogen) atoms. The number of hydrogen-bond acceptors (Lipinski definition) is 1. The zero-order valence-electron chi connectivity index (χ0n) is 10.1. The first kappa shape index (κ1) is 11.4. The molecule has 92 valence electrons. The van der Waals surface area contributed by atoms with Gasteiger partial charge in [-0.05, 0) is 55.1 Å². The van der Waals surface area contributed by atoms with Crippen molar-refractivity contribution in [2.24, 2.45) is 17.3 Å². The summed E-state index contributed by atoms with van der Waals surface area (Å²) in [6.07, 6.45) is 5.23. The van der Waals surface area contributed by atoms with Crippen LogP contribution in [0.4, 0.5) is 0 Å². The van der Waals surface area contributed by atoms with E-state index < -0.39 is 0 Å². The molecule has 0 aliphatic heterocycles. The van der Waals surface area contributed by atoms with Crippen LogP contribution in [-0.4, -0.2) is 12.5 Å². The van der Waals surface area contributed by atoms with Gasteiger partial charge < -0.3 is 4.74 Å². The van der Waals surface area contributed by atoms with Crippen LogP contribution in [0.2, 0.25) is 0 Å². The Kier molecular flexibility index (Phi) is 3.04. The Labute approximate surface area is 108 Å². The number of ether oxygens (including phenoxy) is 1. The maximum Gasteiger partial charge on any atom is 0.119 e. The number of benzene rings is 1. The maximum atomic E-state index is 6.18. The van der Waals surface area contributed by atoms with Gasteiger partial charge in [0, 0.05) is 5.88 Å². The van der Waals surface area contributed by atoms with Gasteiger partial charge in [-0.1, -0.05) is 18.2 Å². The number of fused-ring (bicyclic) bond motifs is 1. The van der Waals surface area contributed by atoms with E-state index in [0.29, 0.717) is 5.41 Å². The summed E-state index contributed by atoms with van der Waals surface area (Å²) in [5.74, 6) is 3.76. The highest BCUT2D eigenvalue weighted by atomic mass is 35.5. The van der Waals surface area contributed by atoms with Crippen LogP contribution in [0.25, 0.3) is 0 Å². The summed E-state index contributed by atoms with van der Waals surface area (Å²) in [6, 6.07) is 10.1. The number of rotatable bonds is 5. The van der Waals surface area contributed by atoms with E-state index in [9.17, 15) is 0 Å². The Bertz CT molecular complexity index is 366. The van der Waals surface area contributed by atoms with E-state index in [1.54, 1.807) is 0 Å². The van der Waals surface area contributed by atoms with Gasteiger partial charge in [0.25, 0.3) is 0 Å². The average Bonchev–Trinajstić information content (AvgIpc) is 2.99. The van der Waals surface area contributed by atoms with Crippen LogP contribution < -0.4 is 4.74 Å². The van der Waals surface area contributed by atoms with E-state index in [4.69, 9.17) is 16.3 Å². The summed E-state index contributed by atoms with van der Waals surface area (Å²) < 4.78 is 5.79. The fourth-order valence-corrected chi connectivity index (χ4v) is 3.64. The molecular formula is C15H19ClO. The van der Waals surface area contributed by atoms with E-state index in [1.807, 2.05) is 30.3 Å². The predicted molar refractivity (Wildman–Crippen MR) is 70.5 cm³/mol. The molecule has 1 aromatic rings. The number of alkyl halides is 1. The third-order valence-electron chi connectivity index (χ3n) is 4.39. The highest BCUT2D eigenvalue weighted by molar-refractivity contribution is 6.18. The zero-order valence-corrected chi connectivity index (χ0v) is 10.8. The molecule has 1 aromatic carbocycles. The molecule has 2 unspecified atom stereocenters. The van der Waals surface area contributed by atoms with E-state index in [0.717, 1.165) is 36.5 Å². The summed E-state index contributed by atoms with van der Waals surface area (Å²) in [7, 11) is 0. The number of halogens is 1. The molecule has 0 spiro atoms. The zero-order chi connectivity index (χ0) is 11.7. The molecule has 0 radical (unpaired) electrons. The van der Waals surface area contributed by atoms with Crippen LogP contribution in [0.15, 0.2) is 30.3 Å². The van der Waals surface area contributed by atoms with Gasteiger partial charge in [0.2, 0.25) is 0 Å². The largest absolute Gasteiger partial charge is 0.494 e. The fraction of sp³-hybridized carbons (Fsp3) is 0.600. The van der Waals surface area contributed by atoms with Gasteiger partial charge in [0.15, 0.2) is 0 Å². The van der Waals surface area contributed by atoms with Gasteiger partial charge in [0.05, 0.1) is 6.61 Å². The van der Waals surface area contributed by atoms with Crippen molar-refractivity contribution in [3.8, 4) is 5.75 Å². The van der Waals surface area contributed by atoms with E-state index in [-0.39, 0.29) is 0 Å². The second-order valence-corrected chi connectivity index (χ2v) is 5.98. The van der Waals surface area contributed by atoms with Crippen molar-refractivity contribution in [2.45, 2.75) is 25.7 Å². The molecule has 1 nitrogen and oxygen atoms in total. The van der Waals surface area contributed by atoms with Crippen LogP contribution >= 0.6 is 11.6 Å². The smallest absolute Gasteiger partial charge is 0.119 e. The van der Waals surface area contributed by atoms with Crippen LogP contribution in [-0.2, 0) is 0 Å². The first-order chi connectivity index (χ1) is 8.31. The first-order valence-corrected chi connectivity index (χ1v) is 7.09. The Morgan fingerprint density at radius 1 is 1.18 bits per heavy atom. The van der Waals surface area contributed by atoms with Gasteiger partial charge in [-0.25, -0.2) is 0 Å². The van der Waals surface area contributed by atoms with Gasteiger partial charge in [-0.2, -0.15) is 0 Å². The Morgan fingerprint density at radius 3 is 2.53 bits per heavy atom. The summed E-state index contributed by atoms with van der Waals surface area (Å²) in [4.78, 5) is 0. The highest BCUT2D eigenvalue weighted by Gasteiger charge is 2.52. The van der Waals surface area contributed by atoms with E-state index in [1.165, 1.54) is 19.3 Å². The van der Waals surface area contributed by atoms with Crippen LogP contribution in [0.5, 0.6) is 5.75 Å². The average molecular weight is 251 g/mol. The molecule has 2 heteroatoms. The minimum absolute atomic E-state index is 0.379. The minimum atomic E-state index is 0.379. The molecule has 2 aliphatic carbocycles. The van der Waals surface area contributed by atoms with Crippen molar-refractivity contribution in [3.63, 3.8) is 0 Å². The van der Waals surface area contributed by atoms with Gasteiger partial charge in [-0.15, -0.1) is 11.6 Å². The topological polar surface area (TPSA) is 9.23 Å². The van der Waals surface area contributed by atoms with Crippen molar-refractivity contribution < 1.29 is 4.74 Å². The predicted octanol–water partition coefficient (Wildman–Crippen LogP) is 4.11. The van der Waals surface area contributed by atoms with Crippen LogP contribution in [0.1, 0.15) is 25.7 Å². The molecule has 3 rings (SSSR count). The molecule has 2 aliphatic rings. The van der Waals surface area contributed by atoms with Crippen molar-refractivity contribution in [3.05, 3.63) is 30.3 Å². The van der Waals surface area contributed by atoms with Gasteiger partial charge in [0.1, 0.15) is 5.75 Å². The second-order valence-electron chi connectivity index (χ2n) is 5.71. The van der Waals surface area contributed by atoms with Crippen molar-refractivity contribution in [1.29, 1.82) is 0 Å². The molecule has 2 atom stereocenters. The first-order valence-electron chi connectivity index (χ1n) is 6.55. The van der Waals surface area contributed by atoms with Gasteiger partial charge >= 0.3 is 0 Å². The third kappa shape index (κ3) is 2.44. The maximum absolute atomic E-state index is 6.18. The molecular weight excluding hydrogens is 232 g/mol. The monoisotopic (exact) mass is 250 g/mol. The minimum Gasteiger partial charge on any atom is -0.494 e. The Morgan fingerprint density at radius 2 is 1.88 bits per heavy atom. The van der Waals surface area contributed by atoms with Gasteiger partial charge in [-0.3, -0.25) is 0 Å². The molecule has 2 fully saturated rings. The highest BCUT2D eigenvalue weighted by Crippen LogP contribution is 2.61. The SMILES string of the molecule is ClCC1(CCOc2ccccc2)CC2CC2C1. The summed E-state index contributed by atoms with van der Waals surface area (Å²) in [6.45, 7) is 0.802. The van der Waals surface area contributed by atoms with E-state index >= 15 is 0 Å². The summed E-state index contributed by atoms with van der Waals surface area (Å²) >= 11 is 6.18.